The van der Waals surface area contributed by atoms with E-state index in [1.165, 1.54) is 16.2 Å². The smallest absolute Gasteiger partial charge is 0.507 e. The van der Waals surface area contributed by atoms with Crippen LogP contribution < -0.4 is 0 Å². The molecule has 2 N–H and O–H groups in total. The van der Waals surface area contributed by atoms with Crippen LogP contribution in [-0.2, 0) is 39.2 Å². The molecule has 0 unspecified atom stereocenters. The van der Waals surface area contributed by atoms with Crippen molar-refractivity contribution in [1.29, 1.82) is 0 Å². The van der Waals surface area contributed by atoms with E-state index in [1.807, 2.05) is 60.7 Å². The number of fused-ring (bicyclic) bond motifs is 4. The fourth-order valence-electron chi connectivity index (χ4n) is 8.37. The molecule has 0 radical (unpaired) electrons. The summed E-state index contributed by atoms with van der Waals surface area (Å²) in [5.41, 5.74) is 12.3. The van der Waals surface area contributed by atoms with Crippen molar-refractivity contribution in [2.75, 3.05) is 33.7 Å². The molecule has 0 saturated carbocycles. The van der Waals surface area contributed by atoms with Gasteiger partial charge in [-0.2, -0.15) is 49.2 Å². The summed E-state index contributed by atoms with van der Waals surface area (Å²) in [6, 6.07) is 57.7. The second-order valence-electron chi connectivity index (χ2n) is 16.8. The fourth-order valence-corrected chi connectivity index (χ4v) is 8.37. The first kappa shape index (κ1) is 47.4. The molecule has 0 saturated heterocycles. The number of nitrogens with zero attached hydrogens (tertiary/aromatic N) is 3. The van der Waals surface area contributed by atoms with Gasteiger partial charge in [-0.25, -0.2) is 0 Å². The number of aromatic hydroxyl groups is 2. The molecule has 5 nitrogen and oxygen atoms in total. The Kier molecular flexibility index (Phi) is 16.3. The molecule has 0 aliphatic rings. The molecule has 0 atom stereocenters. The van der Waals surface area contributed by atoms with E-state index in [1.54, 1.807) is 0 Å². The largest absolute Gasteiger partial charge is 4.00 e. The molecule has 0 spiro atoms. The van der Waals surface area contributed by atoms with Crippen LogP contribution in [-0.4, -0.2) is 58.3 Å². The van der Waals surface area contributed by atoms with Gasteiger partial charge < -0.3 is 19.7 Å². The minimum atomic E-state index is 0. The van der Waals surface area contributed by atoms with E-state index in [2.05, 4.69) is 172 Å². The zero-order chi connectivity index (χ0) is 44.5. The number of likely N-dealkylation sites (N-methyl/N-ethyl adjacent to an activating group) is 1. The Hall–Kier alpha value is -6.04. The van der Waals surface area contributed by atoms with E-state index in [4.69, 9.17) is 0 Å². The van der Waals surface area contributed by atoms with E-state index < -0.39 is 0 Å². The summed E-state index contributed by atoms with van der Waals surface area (Å²) in [6.45, 7) is 16.8. The summed E-state index contributed by atoms with van der Waals surface area (Å²) in [7, 11) is 4.18. The predicted octanol–water partition coefficient (Wildman–Crippen LogP) is 13.3. The summed E-state index contributed by atoms with van der Waals surface area (Å²) < 4.78 is 2.20. The van der Waals surface area contributed by atoms with Gasteiger partial charge in [-0.05, 0) is 104 Å². The maximum atomic E-state index is 12.0. The Morgan fingerprint density at radius 3 is 1.59 bits per heavy atom. The Bertz CT molecular complexity index is 2850. The van der Waals surface area contributed by atoms with Crippen LogP contribution in [0.3, 0.4) is 0 Å². The number of phenols is 2. The van der Waals surface area contributed by atoms with Crippen LogP contribution in [0.1, 0.15) is 38.9 Å². The molecular weight excluding hydrogens is 862 g/mol. The zero-order valence-corrected chi connectivity index (χ0v) is 40.3. The predicted molar refractivity (Wildman–Crippen MR) is 267 cm³/mol. The second kappa shape index (κ2) is 22.0. The molecule has 9 rings (SSSR count). The number of rotatable bonds is 10. The van der Waals surface area contributed by atoms with Gasteiger partial charge in [0.15, 0.2) is 0 Å². The topological polar surface area (TPSA) is 51.9 Å². The summed E-state index contributed by atoms with van der Waals surface area (Å²) in [4.78, 5) is 4.59. The van der Waals surface area contributed by atoms with Gasteiger partial charge in [0.05, 0.1) is 16.7 Å². The van der Waals surface area contributed by atoms with E-state index in [0.29, 0.717) is 24.5 Å². The first-order valence-electron chi connectivity index (χ1n) is 21.7. The number of para-hydroxylation sites is 2. The second-order valence-corrected chi connectivity index (χ2v) is 16.8. The molecule has 0 aliphatic carbocycles. The van der Waals surface area contributed by atoms with Gasteiger partial charge in [-0.1, -0.05) is 97.1 Å². The Morgan fingerprint density at radius 1 is 0.516 bits per heavy atom. The van der Waals surface area contributed by atoms with Crippen molar-refractivity contribution in [3.05, 3.63) is 223 Å². The van der Waals surface area contributed by atoms with E-state index >= 15 is 0 Å². The minimum Gasteiger partial charge on any atom is -0.507 e. The Morgan fingerprint density at radius 2 is 1.03 bits per heavy atom. The maximum Gasteiger partial charge on any atom is 4.00 e. The van der Waals surface area contributed by atoms with Gasteiger partial charge in [0.1, 0.15) is 11.5 Å². The van der Waals surface area contributed by atoms with Crippen molar-refractivity contribution >= 4 is 32.6 Å². The van der Waals surface area contributed by atoms with Crippen LogP contribution in [0, 0.1) is 34.6 Å². The number of aryl methyl sites for hydroxylation is 3. The van der Waals surface area contributed by atoms with Crippen LogP contribution in [0.15, 0.2) is 170 Å². The third-order valence-electron chi connectivity index (χ3n) is 11.5. The number of aromatic nitrogens is 1. The van der Waals surface area contributed by atoms with Crippen molar-refractivity contribution in [3.63, 3.8) is 0 Å². The SMILES string of the molecule is Cc1cc(CCN(CCN(C)C)Cc2cc(C)cc(-n3c4ccccc4c4ccccc43)c2O)c(O)c(-c2c(C)ccc3ccccc23)c1.[CH2-]c1ccccc1.[CH2-]c1ccccc1.[Zr+4]. The van der Waals surface area contributed by atoms with Crippen LogP contribution >= 0.6 is 0 Å². The van der Waals surface area contributed by atoms with Crippen LogP contribution in [0.25, 0.3) is 49.4 Å². The van der Waals surface area contributed by atoms with E-state index in [-0.39, 0.29) is 26.2 Å². The monoisotopic (exact) mass is 919 g/mol. The molecule has 0 bridgehead atoms. The molecule has 9 aromatic rings. The van der Waals surface area contributed by atoms with Crippen LogP contribution in [0.2, 0.25) is 0 Å². The van der Waals surface area contributed by atoms with Gasteiger partial charge in [-0.15, -0.1) is 24.3 Å². The van der Waals surface area contributed by atoms with Gasteiger partial charge in [0, 0.05) is 48.1 Å². The average Bonchev–Trinajstić information content (AvgIpc) is 3.62. The third-order valence-corrected chi connectivity index (χ3v) is 11.5. The quantitative estimate of drug-likeness (QED) is 0.134. The fraction of sp³-hybridized carbons (Fsp3) is 0.172. The van der Waals surface area contributed by atoms with Crippen molar-refractivity contribution in [1.82, 2.24) is 14.4 Å². The average molecular weight is 921 g/mol. The molecule has 1 aromatic heterocycles. The van der Waals surface area contributed by atoms with Crippen molar-refractivity contribution in [2.24, 2.45) is 0 Å². The maximum absolute atomic E-state index is 12.0. The first-order valence-corrected chi connectivity index (χ1v) is 21.7. The number of hydrogen-bond donors (Lipinski definition) is 2. The summed E-state index contributed by atoms with van der Waals surface area (Å²) >= 11 is 0. The first-order chi connectivity index (χ1) is 30.5. The van der Waals surface area contributed by atoms with Crippen molar-refractivity contribution in [3.8, 4) is 28.3 Å². The van der Waals surface area contributed by atoms with Gasteiger partial charge in [0.25, 0.3) is 0 Å². The summed E-state index contributed by atoms with van der Waals surface area (Å²) in [5, 5.41) is 28.4. The van der Waals surface area contributed by atoms with Crippen molar-refractivity contribution < 1.29 is 36.4 Å². The number of benzene rings is 8. The standard InChI is InChI=1S/C44H45N3O2.2C7H7.Zr/c1-29-24-33(43(48)38(26-29)42-31(3)18-19-32-12-6-7-13-35(32)42)20-21-46(23-22-45(4)5)28-34-25-30(2)27-41(44(34)49)47-39-16-10-8-14-36(39)37-15-9-11-17-40(37)47;2*1-7-5-3-2-4-6-7;/h6-19,24-27,48-49H,20-23,28H2,1-5H3;2*2-6H,1H2;/q;2*-1;+4. The summed E-state index contributed by atoms with van der Waals surface area (Å²) in [5.74, 6) is 0.656. The molecule has 0 aliphatic heterocycles. The molecule has 6 heteroatoms. The number of phenolic OH excluding ortho intramolecular Hbond substituents is 2. The molecule has 0 fully saturated rings. The molecule has 64 heavy (non-hydrogen) atoms. The van der Waals surface area contributed by atoms with Crippen molar-refractivity contribution in [2.45, 2.75) is 33.7 Å². The zero-order valence-electron chi connectivity index (χ0n) is 37.9. The Balaban J connectivity index is 0.000000386. The third kappa shape index (κ3) is 11.4. The molecule has 1 heterocycles. The van der Waals surface area contributed by atoms with Gasteiger partial charge >= 0.3 is 26.2 Å². The minimum absolute atomic E-state index is 0. The molecule has 8 aromatic carbocycles. The van der Waals surface area contributed by atoms with Gasteiger partial charge in [0.2, 0.25) is 0 Å². The normalized spacial score (nSPS) is 11.0. The molecular formula is C58H59N3O2Zr+2. The molecule has 320 valence electrons. The number of hydrogen-bond acceptors (Lipinski definition) is 4. The van der Waals surface area contributed by atoms with E-state index in [9.17, 15) is 10.2 Å². The molecule has 0 amide bonds. The van der Waals surface area contributed by atoms with Crippen LogP contribution in [0.5, 0.6) is 11.5 Å². The summed E-state index contributed by atoms with van der Waals surface area (Å²) in [6.07, 6.45) is 0.685. The Labute approximate surface area is 399 Å². The van der Waals surface area contributed by atoms with Gasteiger partial charge in [-0.3, -0.25) is 4.90 Å². The van der Waals surface area contributed by atoms with Crippen LogP contribution in [0.4, 0.5) is 0 Å². The van der Waals surface area contributed by atoms with E-state index in [0.717, 1.165) is 91.8 Å².